The maximum Gasteiger partial charge on any atom is 0.0901 e. The molecule has 0 aromatic rings. The summed E-state index contributed by atoms with van der Waals surface area (Å²) in [5, 5.41) is 2.97. The molecule has 0 spiro atoms. The van der Waals surface area contributed by atoms with Gasteiger partial charge in [0.2, 0.25) is 0 Å². The lowest BCUT2D eigenvalue weighted by molar-refractivity contribution is 0.745. The van der Waals surface area contributed by atoms with Gasteiger partial charge in [-0.2, -0.15) is 0 Å². The maximum absolute atomic E-state index is 4.94. The average molecular weight is 101 g/mol. The average Bonchev–Trinajstić information content (AvgIpc) is 1.69. The quantitative estimate of drug-likeness (QED) is 0.287. The van der Waals surface area contributed by atoms with E-state index in [-0.39, 0.29) is 0 Å². The number of nitrogens with one attached hydrogen (secondary N) is 1. The van der Waals surface area contributed by atoms with E-state index in [2.05, 4.69) is 10.3 Å². The summed E-state index contributed by atoms with van der Waals surface area (Å²) in [5.41, 5.74) is 4.94. The first-order valence-corrected chi connectivity index (χ1v) is 2.32. The molecule has 42 valence electrons. The van der Waals surface area contributed by atoms with Gasteiger partial charge in [-0.1, -0.05) is 6.92 Å². The van der Waals surface area contributed by atoms with Crippen LogP contribution in [-0.2, 0) is 0 Å². The van der Waals surface area contributed by atoms with Crippen molar-refractivity contribution < 1.29 is 0 Å². The molecule has 0 fully saturated rings. The zero-order chi connectivity index (χ0) is 5.54. The fourth-order valence-electron chi connectivity index (χ4n) is 0.229. The summed E-state index contributed by atoms with van der Waals surface area (Å²) < 4.78 is 0. The van der Waals surface area contributed by atoms with E-state index in [0.717, 1.165) is 6.54 Å². The van der Waals surface area contributed by atoms with Gasteiger partial charge in [0.15, 0.2) is 0 Å². The predicted molar refractivity (Wildman–Crippen MR) is 31.2 cm³/mol. The van der Waals surface area contributed by atoms with Crippen molar-refractivity contribution in [1.29, 1.82) is 0 Å². The SMILES string of the molecule is CCNC/N=C\N. The third-order valence-electron chi connectivity index (χ3n) is 0.558. The van der Waals surface area contributed by atoms with Gasteiger partial charge in [-0.3, -0.25) is 10.3 Å². The fraction of sp³-hybridized carbons (Fsp3) is 0.750. The number of nitrogens with two attached hydrogens (primary N) is 1. The van der Waals surface area contributed by atoms with Crippen molar-refractivity contribution in [3.05, 3.63) is 0 Å². The minimum Gasteiger partial charge on any atom is -0.390 e. The van der Waals surface area contributed by atoms with Gasteiger partial charge in [0.05, 0.1) is 13.0 Å². The third kappa shape index (κ3) is 5.43. The predicted octanol–water partition coefficient (Wildman–Crippen LogP) is -0.460. The molecule has 7 heavy (non-hydrogen) atoms. The molecule has 0 aromatic heterocycles. The van der Waals surface area contributed by atoms with Crippen molar-refractivity contribution in [2.24, 2.45) is 10.7 Å². The van der Waals surface area contributed by atoms with Gasteiger partial charge in [0.25, 0.3) is 0 Å². The molecule has 0 unspecified atom stereocenters. The van der Waals surface area contributed by atoms with Gasteiger partial charge < -0.3 is 5.73 Å². The van der Waals surface area contributed by atoms with E-state index in [1.165, 1.54) is 6.34 Å². The lowest BCUT2D eigenvalue weighted by atomic mass is 10.8. The van der Waals surface area contributed by atoms with Crippen LogP contribution in [0.25, 0.3) is 0 Å². The van der Waals surface area contributed by atoms with Crippen LogP contribution in [-0.4, -0.2) is 19.6 Å². The zero-order valence-corrected chi connectivity index (χ0v) is 4.52. The lowest BCUT2D eigenvalue weighted by Crippen LogP contribution is -2.12. The van der Waals surface area contributed by atoms with E-state index in [4.69, 9.17) is 5.73 Å². The van der Waals surface area contributed by atoms with E-state index in [0.29, 0.717) is 6.67 Å². The van der Waals surface area contributed by atoms with Crippen LogP contribution in [0.2, 0.25) is 0 Å². The lowest BCUT2D eigenvalue weighted by Gasteiger charge is -1.89. The Morgan fingerprint density at radius 2 is 2.57 bits per heavy atom. The highest BCUT2D eigenvalue weighted by Gasteiger charge is 1.69. The summed E-state index contributed by atoms with van der Waals surface area (Å²) >= 11 is 0. The van der Waals surface area contributed by atoms with Crippen LogP contribution in [0.5, 0.6) is 0 Å². The van der Waals surface area contributed by atoms with E-state index in [1.807, 2.05) is 6.92 Å². The van der Waals surface area contributed by atoms with Crippen molar-refractivity contribution in [2.75, 3.05) is 13.2 Å². The van der Waals surface area contributed by atoms with Gasteiger partial charge in [-0.05, 0) is 6.54 Å². The molecule has 0 aromatic carbocycles. The topological polar surface area (TPSA) is 50.4 Å². The Balaban J connectivity index is 2.69. The number of aliphatic imine (C=N–C) groups is 1. The summed E-state index contributed by atoms with van der Waals surface area (Å²) in [7, 11) is 0. The molecule has 0 rings (SSSR count). The van der Waals surface area contributed by atoms with E-state index < -0.39 is 0 Å². The number of rotatable bonds is 3. The van der Waals surface area contributed by atoms with Gasteiger partial charge in [0, 0.05) is 0 Å². The maximum atomic E-state index is 4.94. The smallest absolute Gasteiger partial charge is 0.0901 e. The molecule has 3 N–H and O–H groups in total. The molecule has 0 saturated carbocycles. The Labute approximate surface area is 43.6 Å². The highest BCUT2D eigenvalue weighted by molar-refractivity contribution is 5.50. The molecule has 0 saturated heterocycles. The summed E-state index contributed by atoms with van der Waals surface area (Å²) in [4.78, 5) is 3.70. The Morgan fingerprint density at radius 1 is 1.86 bits per heavy atom. The van der Waals surface area contributed by atoms with Gasteiger partial charge in [0.1, 0.15) is 0 Å². The van der Waals surface area contributed by atoms with Crippen LogP contribution >= 0.6 is 0 Å². The molecular weight excluding hydrogens is 90.1 g/mol. The molecule has 3 nitrogen and oxygen atoms in total. The Kier molecular flexibility index (Phi) is 4.99. The van der Waals surface area contributed by atoms with Crippen LogP contribution < -0.4 is 11.1 Å². The zero-order valence-electron chi connectivity index (χ0n) is 4.52. The molecule has 0 radical (unpaired) electrons. The second kappa shape index (κ2) is 5.43. The van der Waals surface area contributed by atoms with Crippen LogP contribution in [0.1, 0.15) is 6.92 Å². The van der Waals surface area contributed by atoms with Crippen molar-refractivity contribution in [2.45, 2.75) is 6.92 Å². The monoisotopic (exact) mass is 101 g/mol. The number of nitrogens with zero attached hydrogens (tertiary/aromatic N) is 1. The van der Waals surface area contributed by atoms with Crippen LogP contribution in [0, 0.1) is 0 Å². The van der Waals surface area contributed by atoms with Gasteiger partial charge in [-0.25, -0.2) is 0 Å². The second-order valence-electron chi connectivity index (χ2n) is 1.09. The summed E-state index contributed by atoms with van der Waals surface area (Å²) in [6.45, 7) is 3.59. The van der Waals surface area contributed by atoms with E-state index >= 15 is 0 Å². The van der Waals surface area contributed by atoms with E-state index in [1.54, 1.807) is 0 Å². The minimum absolute atomic E-state index is 0.632. The summed E-state index contributed by atoms with van der Waals surface area (Å²) in [5.74, 6) is 0. The van der Waals surface area contributed by atoms with Crippen molar-refractivity contribution in [1.82, 2.24) is 5.32 Å². The van der Waals surface area contributed by atoms with E-state index in [9.17, 15) is 0 Å². The van der Waals surface area contributed by atoms with Crippen molar-refractivity contribution in [3.8, 4) is 0 Å². The van der Waals surface area contributed by atoms with Crippen molar-refractivity contribution in [3.63, 3.8) is 0 Å². The normalized spacial score (nSPS) is 10.4. The van der Waals surface area contributed by atoms with Gasteiger partial charge >= 0.3 is 0 Å². The third-order valence-corrected chi connectivity index (χ3v) is 0.558. The molecule has 0 bridgehead atoms. The van der Waals surface area contributed by atoms with Crippen LogP contribution in [0.15, 0.2) is 4.99 Å². The number of hydrogen-bond donors (Lipinski definition) is 2. The highest BCUT2D eigenvalue weighted by Crippen LogP contribution is 1.55. The molecule has 0 aliphatic rings. The Morgan fingerprint density at radius 3 is 3.00 bits per heavy atom. The highest BCUT2D eigenvalue weighted by atomic mass is 15.0. The standard InChI is InChI=1S/C4H11N3/c1-2-6-4-7-3-5/h3,6H,2,4H2,1H3,(H2,5,7). The largest absolute Gasteiger partial charge is 0.390 e. The first-order valence-electron chi connectivity index (χ1n) is 2.32. The molecule has 0 aliphatic heterocycles. The van der Waals surface area contributed by atoms with Crippen LogP contribution in [0.3, 0.4) is 0 Å². The van der Waals surface area contributed by atoms with Crippen LogP contribution in [0.4, 0.5) is 0 Å². The minimum atomic E-state index is 0.632. The molecule has 0 heterocycles. The Hall–Kier alpha value is -0.570. The summed E-state index contributed by atoms with van der Waals surface area (Å²) in [6, 6.07) is 0. The molecule has 0 aliphatic carbocycles. The summed E-state index contributed by atoms with van der Waals surface area (Å²) in [6.07, 6.45) is 1.29. The Bertz CT molecular complexity index is 50.9. The molecule has 0 amide bonds. The second-order valence-corrected chi connectivity index (χ2v) is 1.09. The first-order chi connectivity index (χ1) is 3.41. The number of hydrogen-bond acceptors (Lipinski definition) is 2. The fourth-order valence-corrected chi connectivity index (χ4v) is 0.229. The first kappa shape index (κ1) is 6.43. The molecule has 3 heteroatoms. The molecular formula is C4H11N3. The van der Waals surface area contributed by atoms with Gasteiger partial charge in [-0.15, -0.1) is 0 Å². The molecule has 0 atom stereocenters. The van der Waals surface area contributed by atoms with Crippen molar-refractivity contribution >= 4 is 6.34 Å².